The van der Waals surface area contributed by atoms with E-state index >= 15 is 0 Å². The third-order valence-corrected chi connectivity index (χ3v) is 1.72. The Bertz CT molecular complexity index is 293. The molecule has 1 unspecified atom stereocenters. The van der Waals surface area contributed by atoms with Crippen LogP contribution in [0.25, 0.3) is 0 Å². The predicted molar refractivity (Wildman–Crippen MR) is 45.3 cm³/mol. The molecule has 5 nitrogen and oxygen atoms in total. The molecule has 0 saturated heterocycles. The highest BCUT2D eigenvalue weighted by Gasteiger charge is 2.33. The summed E-state index contributed by atoms with van der Waals surface area (Å²) in [6.07, 6.45) is -0.593. The van der Waals surface area contributed by atoms with E-state index in [1.54, 1.807) is 13.8 Å². The molecule has 0 aromatic carbocycles. The Kier molecular flexibility index (Phi) is 2.55. The van der Waals surface area contributed by atoms with E-state index in [9.17, 15) is 9.90 Å². The van der Waals surface area contributed by atoms with Crippen LogP contribution in [0.4, 0.5) is 0 Å². The van der Waals surface area contributed by atoms with Crippen LogP contribution in [-0.4, -0.2) is 30.0 Å². The predicted octanol–water partition coefficient (Wildman–Crippen LogP) is 0.766. The van der Waals surface area contributed by atoms with Crippen LogP contribution in [-0.2, 0) is 14.4 Å². The first-order valence-corrected chi connectivity index (χ1v) is 3.80. The first kappa shape index (κ1) is 9.57. The Labute approximate surface area is 75.6 Å². The zero-order valence-corrected chi connectivity index (χ0v) is 7.70. The number of esters is 1. The number of ether oxygens (including phenoxy) is 1. The number of aliphatic hydroxyl groups excluding tert-OH is 1. The third kappa shape index (κ3) is 1.63. The summed E-state index contributed by atoms with van der Waals surface area (Å²) >= 11 is 0. The molecular formula is C8H11NO4. The van der Waals surface area contributed by atoms with Crippen LogP contribution in [0.15, 0.2) is 16.5 Å². The smallest absolute Gasteiger partial charge is 0.344 e. The second kappa shape index (κ2) is 3.47. The van der Waals surface area contributed by atoms with E-state index in [-0.39, 0.29) is 11.3 Å². The van der Waals surface area contributed by atoms with Gasteiger partial charge in [-0.05, 0) is 13.8 Å². The lowest BCUT2D eigenvalue weighted by Crippen LogP contribution is -2.08. The molecule has 1 N–H and O–H groups in total. The van der Waals surface area contributed by atoms with Crippen LogP contribution >= 0.6 is 0 Å². The number of cyclic esters (lactones) is 1. The largest absolute Gasteiger partial charge is 0.507 e. The summed E-state index contributed by atoms with van der Waals surface area (Å²) in [5.41, 5.74) is 0.406. The maximum atomic E-state index is 11.1. The summed E-state index contributed by atoms with van der Waals surface area (Å²) in [5, 5.41) is 13.0. The minimum atomic E-state index is -0.593. The lowest BCUT2D eigenvalue weighted by atomic mass is 10.1. The molecule has 0 aromatic heterocycles. The summed E-state index contributed by atoms with van der Waals surface area (Å²) in [6.45, 7) is 3.15. The molecule has 0 amide bonds. The molecule has 1 atom stereocenters. The van der Waals surface area contributed by atoms with Gasteiger partial charge in [-0.1, -0.05) is 5.16 Å². The van der Waals surface area contributed by atoms with Gasteiger partial charge in [-0.25, -0.2) is 4.79 Å². The summed E-state index contributed by atoms with van der Waals surface area (Å²) in [7, 11) is 1.37. The molecule has 1 aliphatic rings. The highest BCUT2D eigenvalue weighted by molar-refractivity contribution is 6.20. The van der Waals surface area contributed by atoms with Crippen LogP contribution in [0, 0.1) is 0 Å². The molecule has 0 fully saturated rings. The van der Waals surface area contributed by atoms with E-state index in [1.807, 2.05) is 0 Å². The van der Waals surface area contributed by atoms with Gasteiger partial charge in [-0.2, -0.15) is 0 Å². The van der Waals surface area contributed by atoms with Gasteiger partial charge in [0.15, 0.2) is 6.10 Å². The van der Waals surface area contributed by atoms with Gasteiger partial charge in [0.05, 0.1) is 5.71 Å². The van der Waals surface area contributed by atoms with Crippen LogP contribution < -0.4 is 0 Å². The van der Waals surface area contributed by atoms with Gasteiger partial charge in [0, 0.05) is 0 Å². The minimum absolute atomic E-state index is 0.0920. The number of hydrogen-bond donors (Lipinski definition) is 1. The Hall–Kier alpha value is -1.52. The number of rotatable bonds is 2. The average Bonchev–Trinajstić information content (AvgIpc) is 2.27. The van der Waals surface area contributed by atoms with Crippen LogP contribution in [0.3, 0.4) is 0 Å². The summed E-state index contributed by atoms with van der Waals surface area (Å²) in [6, 6.07) is 0. The molecule has 0 radical (unpaired) electrons. The standard InChI is InChI=1S/C8H11NO4/c1-4(9-12-3)6-7(10)5(2)13-8(6)11/h5,10H,1-3H3/b9-4+. The molecule has 0 saturated carbocycles. The number of oxime groups is 1. The van der Waals surface area contributed by atoms with Gasteiger partial charge in [-0.15, -0.1) is 0 Å². The van der Waals surface area contributed by atoms with E-state index in [0.29, 0.717) is 5.71 Å². The number of carbonyl (C=O) groups excluding carboxylic acids is 1. The van der Waals surface area contributed by atoms with Crippen molar-refractivity contribution >= 4 is 11.7 Å². The second-order valence-corrected chi connectivity index (χ2v) is 2.67. The molecule has 13 heavy (non-hydrogen) atoms. The molecule has 0 aromatic rings. The first-order valence-electron chi connectivity index (χ1n) is 3.80. The fourth-order valence-electron chi connectivity index (χ4n) is 1.10. The number of nitrogens with zero attached hydrogens (tertiary/aromatic N) is 1. The van der Waals surface area contributed by atoms with Crippen molar-refractivity contribution in [3.05, 3.63) is 11.3 Å². The average molecular weight is 185 g/mol. The van der Waals surface area contributed by atoms with E-state index in [2.05, 4.69) is 9.99 Å². The van der Waals surface area contributed by atoms with Crippen molar-refractivity contribution in [3.63, 3.8) is 0 Å². The van der Waals surface area contributed by atoms with E-state index in [4.69, 9.17) is 4.74 Å². The highest BCUT2D eigenvalue weighted by atomic mass is 16.6. The lowest BCUT2D eigenvalue weighted by molar-refractivity contribution is -0.139. The summed E-state index contributed by atoms with van der Waals surface area (Å²) < 4.78 is 4.75. The van der Waals surface area contributed by atoms with Gasteiger partial charge >= 0.3 is 5.97 Å². The van der Waals surface area contributed by atoms with Crippen molar-refractivity contribution in [1.82, 2.24) is 0 Å². The van der Waals surface area contributed by atoms with Gasteiger partial charge in [0.1, 0.15) is 18.4 Å². The lowest BCUT2D eigenvalue weighted by Gasteiger charge is -1.99. The van der Waals surface area contributed by atoms with Gasteiger partial charge in [0.25, 0.3) is 0 Å². The Morgan fingerprint density at radius 2 is 2.31 bits per heavy atom. The van der Waals surface area contributed by atoms with Gasteiger partial charge in [-0.3, -0.25) is 0 Å². The van der Waals surface area contributed by atoms with Crippen molar-refractivity contribution in [3.8, 4) is 0 Å². The molecule has 1 heterocycles. The molecule has 1 rings (SSSR count). The van der Waals surface area contributed by atoms with E-state index < -0.39 is 12.1 Å². The molecule has 1 aliphatic heterocycles. The molecule has 0 spiro atoms. The zero-order chi connectivity index (χ0) is 10.0. The fraction of sp³-hybridized carbons (Fsp3) is 0.500. The van der Waals surface area contributed by atoms with Gasteiger partial charge < -0.3 is 14.7 Å². The first-order chi connectivity index (χ1) is 6.07. The van der Waals surface area contributed by atoms with E-state index in [0.717, 1.165) is 0 Å². The maximum absolute atomic E-state index is 11.1. The Morgan fingerprint density at radius 1 is 1.69 bits per heavy atom. The van der Waals surface area contributed by atoms with E-state index in [1.165, 1.54) is 7.11 Å². The Morgan fingerprint density at radius 3 is 2.69 bits per heavy atom. The summed E-state index contributed by atoms with van der Waals surface area (Å²) in [5.74, 6) is -0.661. The van der Waals surface area contributed by atoms with Crippen LogP contribution in [0.2, 0.25) is 0 Å². The van der Waals surface area contributed by atoms with Crippen molar-refractivity contribution in [2.24, 2.45) is 5.16 Å². The second-order valence-electron chi connectivity index (χ2n) is 2.67. The van der Waals surface area contributed by atoms with Crippen molar-refractivity contribution in [2.45, 2.75) is 20.0 Å². The van der Waals surface area contributed by atoms with Crippen molar-refractivity contribution in [2.75, 3.05) is 7.11 Å². The fourth-order valence-corrected chi connectivity index (χ4v) is 1.10. The molecular weight excluding hydrogens is 174 g/mol. The monoisotopic (exact) mass is 185 g/mol. The number of carbonyl (C=O) groups is 1. The third-order valence-electron chi connectivity index (χ3n) is 1.72. The minimum Gasteiger partial charge on any atom is -0.507 e. The van der Waals surface area contributed by atoms with Gasteiger partial charge in [0.2, 0.25) is 0 Å². The maximum Gasteiger partial charge on any atom is 0.344 e. The molecule has 0 bridgehead atoms. The van der Waals surface area contributed by atoms with Crippen LogP contribution in [0.5, 0.6) is 0 Å². The number of hydrogen-bond acceptors (Lipinski definition) is 5. The molecule has 5 heteroatoms. The topological polar surface area (TPSA) is 68.1 Å². The van der Waals surface area contributed by atoms with Crippen LogP contribution in [0.1, 0.15) is 13.8 Å². The molecule has 0 aliphatic carbocycles. The van der Waals surface area contributed by atoms with Crippen molar-refractivity contribution < 1.29 is 19.5 Å². The SMILES string of the molecule is CO/N=C(\C)C1=C(O)C(C)OC1=O. The molecule has 72 valence electrons. The summed E-state index contributed by atoms with van der Waals surface area (Å²) in [4.78, 5) is 15.6. The zero-order valence-electron chi connectivity index (χ0n) is 7.70. The van der Waals surface area contributed by atoms with Crippen molar-refractivity contribution in [1.29, 1.82) is 0 Å². The normalized spacial score (nSPS) is 23.5. The highest BCUT2D eigenvalue weighted by Crippen LogP contribution is 2.21. The number of aliphatic hydroxyl groups is 1. The quantitative estimate of drug-likeness (QED) is 0.392. The Balaban J connectivity index is 3.02.